The Balaban J connectivity index is 2.49. The number of hydrogen-bond donors (Lipinski definition) is 0. The smallest absolute Gasteiger partial charge is 0.410 e. The molecule has 0 N–H and O–H groups in total. The Morgan fingerprint density at radius 1 is 1.47 bits per heavy atom. The Hall–Kier alpha value is -1.78. The highest BCUT2D eigenvalue weighted by atomic mass is 16.6. The maximum atomic E-state index is 11.7. The van der Waals surface area contributed by atoms with Crippen LogP contribution in [0.4, 0.5) is 4.79 Å². The van der Waals surface area contributed by atoms with Gasteiger partial charge >= 0.3 is 12.1 Å². The molecule has 1 amide bonds. The summed E-state index contributed by atoms with van der Waals surface area (Å²) in [5, 5.41) is 0. The highest BCUT2D eigenvalue weighted by molar-refractivity contribution is 5.84. The van der Waals surface area contributed by atoms with Crippen LogP contribution in [0.15, 0.2) is 25.3 Å². The molecule has 1 atom stereocenters. The molecular formula is C12H17NO4. The number of hydrogen-bond acceptors (Lipinski definition) is 4. The highest BCUT2D eigenvalue weighted by Gasteiger charge is 2.38. The number of nitrogens with zero attached hydrogens (tertiary/aromatic N) is 1. The van der Waals surface area contributed by atoms with E-state index in [0.717, 1.165) is 0 Å². The Labute approximate surface area is 101 Å². The van der Waals surface area contributed by atoms with Crippen molar-refractivity contribution >= 4 is 12.1 Å². The topological polar surface area (TPSA) is 55.8 Å². The maximum Gasteiger partial charge on any atom is 0.410 e. The quantitative estimate of drug-likeness (QED) is 0.384. The van der Waals surface area contributed by atoms with Crippen molar-refractivity contribution < 1.29 is 19.1 Å². The number of carbonyl (C=O) groups is 2. The summed E-state index contributed by atoms with van der Waals surface area (Å²) in [6.07, 6.45) is 4.09. The summed E-state index contributed by atoms with van der Waals surface area (Å²) in [5.41, 5.74) is 0. The first-order valence-corrected chi connectivity index (χ1v) is 5.52. The van der Waals surface area contributed by atoms with Gasteiger partial charge in [0.25, 0.3) is 0 Å². The van der Waals surface area contributed by atoms with Gasteiger partial charge in [-0.25, -0.2) is 9.59 Å². The van der Waals surface area contributed by atoms with Crippen molar-refractivity contribution in [2.24, 2.45) is 0 Å². The average Bonchev–Trinajstić information content (AvgIpc) is 2.68. The molecule has 1 rings (SSSR count). The zero-order chi connectivity index (χ0) is 12.7. The standard InChI is InChI=1S/C12H17NO4/c1-3-5-7-13-10(9-17-12(13)15)11(14)16-8-6-4-2/h3-4,10H,1-2,5-9H2/t10-/m0/s1. The lowest BCUT2D eigenvalue weighted by Gasteiger charge is -2.19. The Bertz CT molecular complexity index is 314. The van der Waals surface area contributed by atoms with Gasteiger partial charge in [0.15, 0.2) is 6.04 Å². The summed E-state index contributed by atoms with van der Waals surface area (Å²) in [4.78, 5) is 24.4. The van der Waals surface area contributed by atoms with Crippen molar-refractivity contribution in [3.8, 4) is 0 Å². The summed E-state index contributed by atoms with van der Waals surface area (Å²) in [7, 11) is 0. The molecule has 0 spiro atoms. The Morgan fingerprint density at radius 3 is 2.82 bits per heavy atom. The van der Waals surface area contributed by atoms with Gasteiger partial charge in [-0.2, -0.15) is 0 Å². The first kappa shape index (κ1) is 13.3. The minimum atomic E-state index is -0.632. The number of carbonyl (C=O) groups excluding carboxylic acids is 2. The van der Waals surface area contributed by atoms with E-state index in [9.17, 15) is 9.59 Å². The van der Waals surface area contributed by atoms with Crippen LogP contribution >= 0.6 is 0 Å². The molecule has 0 unspecified atom stereocenters. The molecule has 0 radical (unpaired) electrons. The van der Waals surface area contributed by atoms with E-state index >= 15 is 0 Å². The average molecular weight is 239 g/mol. The molecule has 0 aliphatic carbocycles. The molecule has 94 valence electrons. The zero-order valence-electron chi connectivity index (χ0n) is 9.76. The predicted octanol–water partition coefficient (Wildman–Crippen LogP) is 1.50. The molecule has 5 heteroatoms. The third-order valence-electron chi connectivity index (χ3n) is 2.39. The van der Waals surface area contributed by atoms with Gasteiger partial charge < -0.3 is 9.47 Å². The molecule has 1 aliphatic rings. The number of esters is 1. The van der Waals surface area contributed by atoms with Crippen LogP contribution in [0.3, 0.4) is 0 Å². The van der Waals surface area contributed by atoms with Crippen molar-refractivity contribution in [1.29, 1.82) is 0 Å². The normalized spacial score (nSPS) is 18.7. The predicted molar refractivity (Wildman–Crippen MR) is 62.4 cm³/mol. The summed E-state index contributed by atoms with van der Waals surface area (Å²) in [6.45, 7) is 7.86. The Kier molecular flexibility index (Phi) is 5.26. The van der Waals surface area contributed by atoms with Crippen LogP contribution in [-0.2, 0) is 14.3 Å². The second kappa shape index (κ2) is 6.73. The molecule has 0 bridgehead atoms. The molecule has 1 saturated heterocycles. The van der Waals surface area contributed by atoms with Crippen molar-refractivity contribution in [3.05, 3.63) is 25.3 Å². The van der Waals surface area contributed by atoms with Crippen LogP contribution in [0.25, 0.3) is 0 Å². The van der Waals surface area contributed by atoms with Crippen LogP contribution in [0.2, 0.25) is 0 Å². The summed E-state index contributed by atoms with van der Waals surface area (Å²) < 4.78 is 9.85. The van der Waals surface area contributed by atoms with Gasteiger partial charge in [0, 0.05) is 6.54 Å². The molecule has 0 aromatic carbocycles. The molecule has 1 heterocycles. The van der Waals surface area contributed by atoms with Gasteiger partial charge in [-0.05, 0) is 12.8 Å². The first-order chi connectivity index (χ1) is 8.20. The number of ether oxygens (including phenoxy) is 2. The second-order valence-electron chi connectivity index (χ2n) is 3.61. The van der Waals surface area contributed by atoms with E-state index in [0.29, 0.717) is 19.4 Å². The zero-order valence-corrected chi connectivity index (χ0v) is 9.76. The molecule has 1 aliphatic heterocycles. The van der Waals surface area contributed by atoms with Crippen molar-refractivity contribution in [2.75, 3.05) is 19.8 Å². The van der Waals surface area contributed by atoms with Crippen molar-refractivity contribution in [2.45, 2.75) is 18.9 Å². The van der Waals surface area contributed by atoms with Crippen molar-refractivity contribution in [3.63, 3.8) is 0 Å². The highest BCUT2D eigenvalue weighted by Crippen LogP contribution is 2.14. The van der Waals surface area contributed by atoms with E-state index in [1.165, 1.54) is 4.90 Å². The summed E-state index contributed by atoms with van der Waals surface area (Å²) in [6, 6.07) is -0.632. The number of amides is 1. The van der Waals surface area contributed by atoms with E-state index in [1.54, 1.807) is 12.2 Å². The lowest BCUT2D eigenvalue weighted by Crippen LogP contribution is -2.41. The minimum Gasteiger partial charge on any atom is -0.464 e. The minimum absolute atomic E-state index is 0.0584. The van der Waals surface area contributed by atoms with E-state index in [2.05, 4.69) is 13.2 Å². The van der Waals surface area contributed by atoms with Gasteiger partial charge in [-0.15, -0.1) is 13.2 Å². The van der Waals surface area contributed by atoms with Crippen LogP contribution in [-0.4, -0.2) is 42.8 Å². The van der Waals surface area contributed by atoms with Crippen LogP contribution in [0.1, 0.15) is 12.8 Å². The fraction of sp³-hybridized carbons (Fsp3) is 0.500. The lowest BCUT2D eigenvalue weighted by molar-refractivity contribution is -0.148. The fourth-order valence-corrected chi connectivity index (χ4v) is 1.46. The molecule has 17 heavy (non-hydrogen) atoms. The van der Waals surface area contributed by atoms with Gasteiger partial charge in [0.05, 0.1) is 6.61 Å². The number of cyclic esters (lactones) is 1. The van der Waals surface area contributed by atoms with Gasteiger partial charge in [-0.3, -0.25) is 4.90 Å². The summed E-state index contributed by atoms with van der Waals surface area (Å²) in [5.74, 6) is -0.429. The van der Waals surface area contributed by atoms with E-state index < -0.39 is 18.1 Å². The van der Waals surface area contributed by atoms with E-state index in [-0.39, 0.29) is 13.2 Å². The Morgan fingerprint density at radius 2 is 2.18 bits per heavy atom. The monoisotopic (exact) mass is 239 g/mol. The summed E-state index contributed by atoms with van der Waals surface area (Å²) >= 11 is 0. The molecule has 1 fully saturated rings. The molecular weight excluding hydrogens is 222 g/mol. The molecule has 0 saturated carbocycles. The van der Waals surface area contributed by atoms with Gasteiger partial charge in [0.2, 0.25) is 0 Å². The van der Waals surface area contributed by atoms with Gasteiger partial charge in [-0.1, -0.05) is 12.2 Å². The largest absolute Gasteiger partial charge is 0.464 e. The second-order valence-corrected chi connectivity index (χ2v) is 3.61. The van der Waals surface area contributed by atoms with Crippen LogP contribution in [0.5, 0.6) is 0 Å². The van der Waals surface area contributed by atoms with Gasteiger partial charge in [0.1, 0.15) is 6.61 Å². The first-order valence-electron chi connectivity index (χ1n) is 5.52. The lowest BCUT2D eigenvalue weighted by atomic mass is 10.2. The van der Waals surface area contributed by atoms with Crippen molar-refractivity contribution in [1.82, 2.24) is 4.90 Å². The van der Waals surface area contributed by atoms with E-state index in [4.69, 9.17) is 9.47 Å². The van der Waals surface area contributed by atoms with Crippen LogP contribution in [0, 0.1) is 0 Å². The SMILES string of the molecule is C=CCCOC(=O)[C@@H]1COC(=O)N1CCC=C. The molecule has 0 aromatic heterocycles. The van der Waals surface area contributed by atoms with Crippen LogP contribution < -0.4 is 0 Å². The maximum absolute atomic E-state index is 11.7. The third kappa shape index (κ3) is 3.62. The number of rotatable bonds is 7. The fourth-order valence-electron chi connectivity index (χ4n) is 1.46. The van der Waals surface area contributed by atoms with E-state index in [1.807, 2.05) is 0 Å². The third-order valence-corrected chi connectivity index (χ3v) is 2.39. The molecule has 5 nitrogen and oxygen atoms in total. The molecule has 0 aromatic rings.